The molecule has 4 heteroatoms. The lowest BCUT2D eigenvalue weighted by Gasteiger charge is -2.17. The van der Waals surface area contributed by atoms with Crippen LogP contribution in [0.15, 0.2) is 60.8 Å². The van der Waals surface area contributed by atoms with E-state index in [1.54, 1.807) is 6.20 Å². The van der Waals surface area contributed by atoms with E-state index in [4.69, 9.17) is 4.74 Å². The molecule has 0 saturated heterocycles. The van der Waals surface area contributed by atoms with Gasteiger partial charge in [0.25, 0.3) is 0 Å². The van der Waals surface area contributed by atoms with Gasteiger partial charge in [-0.15, -0.1) is 0 Å². The van der Waals surface area contributed by atoms with Gasteiger partial charge in [-0.1, -0.05) is 61.9 Å². The number of fused-ring (bicyclic) bond motifs is 1. The summed E-state index contributed by atoms with van der Waals surface area (Å²) in [5.74, 6) is -0.558. The SMILES string of the molecule is CCCCC(=O)O[C@@H](C(=O)c1c[nH]c2ccccc12)c1ccccc1. The van der Waals surface area contributed by atoms with Crippen molar-refractivity contribution >= 4 is 22.7 Å². The quantitative estimate of drug-likeness (QED) is 0.497. The number of rotatable bonds is 7. The number of esters is 1. The summed E-state index contributed by atoms with van der Waals surface area (Å²) in [6.07, 6.45) is 2.73. The predicted molar refractivity (Wildman–Crippen MR) is 97.4 cm³/mol. The molecule has 3 aromatic rings. The van der Waals surface area contributed by atoms with Gasteiger partial charge in [-0.25, -0.2) is 0 Å². The fourth-order valence-corrected chi connectivity index (χ4v) is 2.83. The third-order valence-electron chi connectivity index (χ3n) is 4.18. The summed E-state index contributed by atoms with van der Waals surface area (Å²) in [6, 6.07) is 16.8. The van der Waals surface area contributed by atoms with Crippen molar-refractivity contribution < 1.29 is 14.3 Å². The number of benzene rings is 2. The van der Waals surface area contributed by atoms with E-state index in [1.165, 1.54) is 0 Å². The number of ketones is 1. The largest absolute Gasteiger partial charge is 0.449 e. The molecule has 1 N–H and O–H groups in total. The van der Waals surface area contributed by atoms with E-state index in [2.05, 4.69) is 4.98 Å². The van der Waals surface area contributed by atoms with Crippen molar-refractivity contribution in [2.75, 3.05) is 0 Å². The van der Waals surface area contributed by atoms with Crippen molar-refractivity contribution in [2.45, 2.75) is 32.3 Å². The highest BCUT2D eigenvalue weighted by Crippen LogP contribution is 2.27. The second kappa shape index (κ2) is 7.79. The lowest BCUT2D eigenvalue weighted by molar-refractivity contribution is -0.147. The number of aromatic amines is 1. The number of hydrogen-bond donors (Lipinski definition) is 1. The molecular weight excluding hydrogens is 314 g/mol. The van der Waals surface area contributed by atoms with E-state index < -0.39 is 6.10 Å². The Morgan fingerprint density at radius 2 is 1.76 bits per heavy atom. The Balaban J connectivity index is 1.93. The third-order valence-corrected chi connectivity index (χ3v) is 4.18. The first-order valence-corrected chi connectivity index (χ1v) is 8.55. The second-order valence-electron chi connectivity index (χ2n) is 6.00. The van der Waals surface area contributed by atoms with Crippen molar-refractivity contribution in [2.24, 2.45) is 0 Å². The average Bonchev–Trinajstić information content (AvgIpc) is 3.09. The van der Waals surface area contributed by atoms with E-state index >= 15 is 0 Å². The Morgan fingerprint density at radius 1 is 1.04 bits per heavy atom. The molecule has 0 saturated carbocycles. The lowest BCUT2D eigenvalue weighted by atomic mass is 9.99. The minimum absolute atomic E-state index is 0.214. The number of Topliss-reactive ketones (excluding diaryl/α,β-unsaturated/α-hetero) is 1. The maximum Gasteiger partial charge on any atom is 0.306 e. The number of aromatic nitrogens is 1. The average molecular weight is 335 g/mol. The lowest BCUT2D eigenvalue weighted by Crippen LogP contribution is -2.20. The molecule has 1 heterocycles. The first-order chi connectivity index (χ1) is 12.2. The zero-order chi connectivity index (χ0) is 17.6. The van der Waals surface area contributed by atoms with Crippen LogP contribution in [0.2, 0.25) is 0 Å². The van der Waals surface area contributed by atoms with Gasteiger partial charge in [-0.2, -0.15) is 0 Å². The number of carbonyl (C=O) groups is 2. The van der Waals surface area contributed by atoms with Gasteiger partial charge in [0.05, 0.1) is 0 Å². The molecule has 0 radical (unpaired) electrons. The summed E-state index contributed by atoms with van der Waals surface area (Å²) in [5.41, 5.74) is 2.10. The van der Waals surface area contributed by atoms with Crippen LogP contribution in [0.25, 0.3) is 10.9 Å². The van der Waals surface area contributed by atoms with E-state index in [0.717, 1.165) is 23.7 Å². The van der Waals surface area contributed by atoms with Crippen molar-refractivity contribution in [3.05, 3.63) is 71.9 Å². The van der Waals surface area contributed by atoms with Crippen molar-refractivity contribution in [1.82, 2.24) is 4.98 Å². The van der Waals surface area contributed by atoms with E-state index in [1.807, 2.05) is 61.5 Å². The zero-order valence-corrected chi connectivity index (χ0v) is 14.2. The van der Waals surface area contributed by atoms with Gasteiger partial charge in [-0.05, 0) is 12.5 Å². The standard InChI is InChI=1S/C21H21NO3/c1-2-3-13-19(23)25-21(15-9-5-4-6-10-15)20(24)17-14-22-18-12-8-7-11-16(17)18/h4-12,14,21-22H,2-3,13H2,1H3/t21-/m1/s1. The monoisotopic (exact) mass is 335 g/mol. The van der Waals surface area contributed by atoms with Gasteiger partial charge in [-0.3, -0.25) is 9.59 Å². The number of carbonyl (C=O) groups excluding carboxylic acids is 2. The van der Waals surface area contributed by atoms with Gasteiger partial charge in [0.1, 0.15) is 0 Å². The summed E-state index contributed by atoms with van der Waals surface area (Å²) in [5, 5.41) is 0.832. The molecule has 3 rings (SSSR count). The Labute approximate surface area is 146 Å². The number of unbranched alkanes of at least 4 members (excludes halogenated alkanes) is 1. The molecule has 0 aliphatic heterocycles. The fraction of sp³-hybridized carbons (Fsp3) is 0.238. The number of nitrogens with one attached hydrogen (secondary N) is 1. The Morgan fingerprint density at radius 3 is 2.52 bits per heavy atom. The van der Waals surface area contributed by atoms with Crippen LogP contribution in [-0.2, 0) is 9.53 Å². The maximum atomic E-state index is 13.1. The van der Waals surface area contributed by atoms with Gasteiger partial charge in [0.15, 0.2) is 6.10 Å². The number of H-pyrrole nitrogens is 1. The Hall–Kier alpha value is -2.88. The maximum absolute atomic E-state index is 13.1. The molecule has 0 aliphatic rings. The molecule has 0 amide bonds. The molecule has 1 aromatic heterocycles. The van der Waals surface area contributed by atoms with Crippen LogP contribution in [0.1, 0.15) is 48.2 Å². The number of hydrogen-bond acceptors (Lipinski definition) is 3. The molecule has 0 bridgehead atoms. The second-order valence-corrected chi connectivity index (χ2v) is 6.00. The highest BCUT2D eigenvalue weighted by atomic mass is 16.5. The topological polar surface area (TPSA) is 59.2 Å². The minimum atomic E-state index is -0.926. The van der Waals surface area contributed by atoms with Crippen LogP contribution >= 0.6 is 0 Å². The molecule has 4 nitrogen and oxygen atoms in total. The normalized spacial score (nSPS) is 12.0. The van der Waals surface area contributed by atoms with Crippen molar-refractivity contribution in [1.29, 1.82) is 0 Å². The van der Waals surface area contributed by atoms with Crippen LogP contribution in [-0.4, -0.2) is 16.7 Å². The highest BCUT2D eigenvalue weighted by molar-refractivity contribution is 6.10. The van der Waals surface area contributed by atoms with Crippen molar-refractivity contribution in [3.63, 3.8) is 0 Å². The van der Waals surface area contributed by atoms with Crippen LogP contribution in [0.5, 0.6) is 0 Å². The molecule has 0 unspecified atom stereocenters. The fourth-order valence-electron chi connectivity index (χ4n) is 2.83. The van der Waals surface area contributed by atoms with Gasteiger partial charge in [0, 0.05) is 34.6 Å². The molecule has 128 valence electrons. The summed E-state index contributed by atoms with van der Waals surface area (Å²) in [6.45, 7) is 2.01. The molecule has 0 fully saturated rings. The van der Waals surface area contributed by atoms with Crippen molar-refractivity contribution in [3.8, 4) is 0 Å². The number of ether oxygens (including phenoxy) is 1. The van der Waals surface area contributed by atoms with Crippen LogP contribution in [0.4, 0.5) is 0 Å². The summed E-state index contributed by atoms with van der Waals surface area (Å²) in [4.78, 5) is 28.4. The number of para-hydroxylation sites is 1. The van der Waals surface area contributed by atoms with Gasteiger partial charge < -0.3 is 9.72 Å². The molecule has 25 heavy (non-hydrogen) atoms. The van der Waals surface area contributed by atoms with Crippen LogP contribution in [0, 0.1) is 0 Å². The Bertz CT molecular complexity index is 867. The zero-order valence-electron chi connectivity index (χ0n) is 14.2. The first-order valence-electron chi connectivity index (χ1n) is 8.55. The summed E-state index contributed by atoms with van der Waals surface area (Å²) in [7, 11) is 0. The van der Waals surface area contributed by atoms with Gasteiger partial charge >= 0.3 is 5.97 Å². The van der Waals surface area contributed by atoms with Gasteiger partial charge in [0.2, 0.25) is 5.78 Å². The first kappa shape index (κ1) is 17.0. The van der Waals surface area contributed by atoms with Crippen LogP contribution in [0.3, 0.4) is 0 Å². The van der Waals surface area contributed by atoms with E-state index in [-0.39, 0.29) is 11.8 Å². The smallest absolute Gasteiger partial charge is 0.306 e. The summed E-state index contributed by atoms with van der Waals surface area (Å²) < 4.78 is 5.57. The predicted octanol–water partition coefficient (Wildman–Crippen LogP) is 4.83. The van der Waals surface area contributed by atoms with Crippen LogP contribution < -0.4 is 0 Å². The minimum Gasteiger partial charge on any atom is -0.449 e. The van der Waals surface area contributed by atoms with E-state index in [9.17, 15) is 9.59 Å². The highest BCUT2D eigenvalue weighted by Gasteiger charge is 2.27. The molecule has 0 spiro atoms. The summed E-state index contributed by atoms with van der Waals surface area (Å²) >= 11 is 0. The molecule has 2 aromatic carbocycles. The third kappa shape index (κ3) is 3.79. The Kier molecular flexibility index (Phi) is 5.29. The molecule has 0 aliphatic carbocycles. The van der Waals surface area contributed by atoms with E-state index in [0.29, 0.717) is 17.5 Å². The molecular formula is C21H21NO3. The molecule has 1 atom stereocenters.